The Morgan fingerprint density at radius 2 is 1.44 bits per heavy atom. The smallest absolute Gasteiger partial charge is 0.265 e. The second-order valence-corrected chi connectivity index (χ2v) is 9.55. The molecular formula is C27H21N3O3S. The predicted molar refractivity (Wildman–Crippen MR) is 135 cm³/mol. The third-order valence-electron chi connectivity index (χ3n) is 5.57. The normalized spacial score (nSPS) is 11.4. The van der Waals surface area contributed by atoms with Gasteiger partial charge in [-0.2, -0.15) is 0 Å². The fraction of sp³-hybridized carbons (Fsp3) is 0.0370. The molecule has 0 amide bonds. The summed E-state index contributed by atoms with van der Waals surface area (Å²) in [5.41, 5.74) is 3.23. The Balaban J connectivity index is 1.47. The van der Waals surface area contributed by atoms with E-state index < -0.39 is 10.0 Å². The van der Waals surface area contributed by atoms with Gasteiger partial charge < -0.3 is 0 Å². The van der Waals surface area contributed by atoms with E-state index in [1.165, 1.54) is 4.57 Å². The summed E-state index contributed by atoms with van der Waals surface area (Å²) in [5.74, 6) is 0.514. The van der Waals surface area contributed by atoms with Gasteiger partial charge in [0.05, 0.1) is 27.2 Å². The molecule has 0 atom stereocenters. The van der Waals surface area contributed by atoms with E-state index in [0.717, 1.165) is 11.1 Å². The van der Waals surface area contributed by atoms with Crippen molar-refractivity contribution in [1.29, 1.82) is 0 Å². The number of anilines is 1. The zero-order valence-electron chi connectivity index (χ0n) is 18.3. The third kappa shape index (κ3) is 4.09. The van der Waals surface area contributed by atoms with E-state index in [4.69, 9.17) is 0 Å². The zero-order chi connectivity index (χ0) is 23.7. The van der Waals surface area contributed by atoms with Crippen molar-refractivity contribution >= 4 is 26.6 Å². The van der Waals surface area contributed by atoms with Gasteiger partial charge in [0, 0.05) is 0 Å². The van der Waals surface area contributed by atoms with Crippen LogP contribution in [0, 0.1) is 6.92 Å². The van der Waals surface area contributed by atoms with E-state index >= 15 is 0 Å². The van der Waals surface area contributed by atoms with Crippen LogP contribution in [0.25, 0.3) is 27.7 Å². The van der Waals surface area contributed by atoms with Crippen molar-refractivity contribution in [2.45, 2.75) is 11.8 Å². The van der Waals surface area contributed by atoms with Crippen molar-refractivity contribution in [2.75, 3.05) is 4.72 Å². The van der Waals surface area contributed by atoms with E-state index in [1.807, 2.05) is 36.4 Å². The maximum Gasteiger partial charge on any atom is 0.265 e. The topological polar surface area (TPSA) is 81.1 Å². The first-order valence-corrected chi connectivity index (χ1v) is 12.2. The molecule has 0 unspecified atom stereocenters. The summed E-state index contributed by atoms with van der Waals surface area (Å²) in [6, 6.07) is 30.3. The monoisotopic (exact) mass is 467 g/mol. The maximum absolute atomic E-state index is 13.1. The van der Waals surface area contributed by atoms with Crippen LogP contribution in [0.2, 0.25) is 0 Å². The number of sulfonamides is 1. The Labute approximate surface area is 197 Å². The Morgan fingerprint density at radius 3 is 2.21 bits per heavy atom. The standard InChI is InChI=1S/C27H21N3O3S/c1-19-28-26-13-6-5-12-25(26)27(31)30(19)23-11-7-10-22(18-23)29-34(32,33)24-16-14-21(15-17-24)20-8-3-2-4-9-20/h2-18,29H,1H3. The van der Waals surface area contributed by atoms with E-state index in [1.54, 1.807) is 73.7 Å². The summed E-state index contributed by atoms with van der Waals surface area (Å²) >= 11 is 0. The van der Waals surface area contributed by atoms with Crippen LogP contribution in [0.4, 0.5) is 5.69 Å². The van der Waals surface area contributed by atoms with Crippen LogP contribution in [-0.2, 0) is 10.0 Å². The molecule has 5 rings (SSSR count). The minimum absolute atomic E-state index is 0.151. The molecule has 0 aliphatic rings. The minimum atomic E-state index is -3.82. The van der Waals surface area contributed by atoms with Crippen molar-refractivity contribution in [3.8, 4) is 16.8 Å². The van der Waals surface area contributed by atoms with Crippen LogP contribution in [0.15, 0.2) is 113 Å². The first kappa shape index (κ1) is 21.6. The highest BCUT2D eigenvalue weighted by Gasteiger charge is 2.16. The van der Waals surface area contributed by atoms with Gasteiger partial charge in [0.25, 0.3) is 15.6 Å². The Bertz CT molecular complexity index is 1660. The van der Waals surface area contributed by atoms with Gasteiger partial charge in [-0.05, 0) is 60.5 Å². The molecule has 0 radical (unpaired) electrons. The molecule has 0 saturated carbocycles. The first-order valence-electron chi connectivity index (χ1n) is 10.7. The SMILES string of the molecule is Cc1nc2ccccc2c(=O)n1-c1cccc(NS(=O)(=O)c2ccc(-c3ccccc3)cc2)c1. The van der Waals surface area contributed by atoms with Crippen LogP contribution in [0.5, 0.6) is 0 Å². The number of hydrogen-bond acceptors (Lipinski definition) is 4. The van der Waals surface area contributed by atoms with Gasteiger partial charge in [0.1, 0.15) is 5.82 Å². The summed E-state index contributed by atoms with van der Waals surface area (Å²) < 4.78 is 30.1. The van der Waals surface area contributed by atoms with Crippen molar-refractivity contribution in [2.24, 2.45) is 0 Å². The lowest BCUT2D eigenvalue weighted by Crippen LogP contribution is -2.22. The number of rotatable bonds is 5. The molecule has 34 heavy (non-hydrogen) atoms. The molecule has 4 aromatic carbocycles. The van der Waals surface area contributed by atoms with Gasteiger partial charge in [-0.1, -0.05) is 60.7 Å². The fourth-order valence-corrected chi connectivity index (χ4v) is 4.98. The van der Waals surface area contributed by atoms with Gasteiger partial charge in [0.15, 0.2) is 0 Å². The number of aryl methyl sites for hydroxylation is 1. The average Bonchev–Trinajstić information content (AvgIpc) is 2.85. The fourth-order valence-electron chi connectivity index (χ4n) is 3.93. The number of benzene rings is 4. The molecule has 0 aliphatic carbocycles. The summed E-state index contributed by atoms with van der Waals surface area (Å²) in [6.45, 7) is 1.75. The molecule has 0 saturated heterocycles. The lowest BCUT2D eigenvalue weighted by molar-refractivity contribution is 0.601. The number of nitrogens with zero attached hydrogens (tertiary/aromatic N) is 2. The minimum Gasteiger partial charge on any atom is -0.280 e. The highest BCUT2D eigenvalue weighted by Crippen LogP contribution is 2.23. The quantitative estimate of drug-likeness (QED) is 0.387. The molecule has 0 spiro atoms. The van der Waals surface area contributed by atoms with Crippen molar-refractivity contribution in [3.63, 3.8) is 0 Å². The molecule has 0 aliphatic heterocycles. The average molecular weight is 468 g/mol. The van der Waals surface area contributed by atoms with Gasteiger partial charge >= 0.3 is 0 Å². The van der Waals surface area contributed by atoms with Crippen LogP contribution >= 0.6 is 0 Å². The van der Waals surface area contributed by atoms with Gasteiger partial charge in [-0.15, -0.1) is 0 Å². The molecule has 5 aromatic rings. The van der Waals surface area contributed by atoms with Gasteiger partial charge in [-0.3, -0.25) is 14.1 Å². The van der Waals surface area contributed by atoms with E-state index in [2.05, 4.69) is 9.71 Å². The van der Waals surface area contributed by atoms with E-state index in [-0.39, 0.29) is 10.5 Å². The molecule has 1 aromatic heterocycles. The van der Waals surface area contributed by atoms with Crippen molar-refractivity contribution in [1.82, 2.24) is 9.55 Å². The zero-order valence-corrected chi connectivity index (χ0v) is 19.2. The number of nitrogens with one attached hydrogen (secondary N) is 1. The maximum atomic E-state index is 13.1. The van der Waals surface area contributed by atoms with Crippen LogP contribution in [0.3, 0.4) is 0 Å². The summed E-state index contributed by atoms with van der Waals surface area (Å²) in [6.07, 6.45) is 0. The van der Waals surface area contributed by atoms with E-state index in [9.17, 15) is 13.2 Å². The van der Waals surface area contributed by atoms with E-state index in [0.29, 0.717) is 28.1 Å². The lowest BCUT2D eigenvalue weighted by Gasteiger charge is -2.13. The van der Waals surface area contributed by atoms with Gasteiger partial charge in [0.2, 0.25) is 0 Å². The van der Waals surface area contributed by atoms with Crippen LogP contribution in [-0.4, -0.2) is 18.0 Å². The molecule has 1 N–H and O–H groups in total. The van der Waals surface area contributed by atoms with Crippen LogP contribution < -0.4 is 10.3 Å². The van der Waals surface area contributed by atoms with Crippen molar-refractivity contribution < 1.29 is 8.42 Å². The highest BCUT2D eigenvalue weighted by molar-refractivity contribution is 7.92. The first-order chi connectivity index (χ1) is 16.4. The number of hydrogen-bond donors (Lipinski definition) is 1. The molecule has 6 nitrogen and oxygen atoms in total. The third-order valence-corrected chi connectivity index (χ3v) is 6.97. The number of aromatic nitrogens is 2. The summed E-state index contributed by atoms with van der Waals surface area (Å²) in [5, 5.41) is 0.498. The van der Waals surface area contributed by atoms with Crippen molar-refractivity contribution in [3.05, 3.63) is 119 Å². The number of para-hydroxylation sites is 1. The molecule has 168 valence electrons. The van der Waals surface area contributed by atoms with Gasteiger partial charge in [-0.25, -0.2) is 13.4 Å². The molecule has 0 bridgehead atoms. The largest absolute Gasteiger partial charge is 0.280 e. The predicted octanol–water partition coefficient (Wildman–Crippen LogP) is 5.16. The molecule has 7 heteroatoms. The Hall–Kier alpha value is -4.23. The molecule has 1 heterocycles. The molecular weight excluding hydrogens is 446 g/mol. The Kier molecular flexibility index (Phi) is 5.47. The number of fused-ring (bicyclic) bond motifs is 1. The molecule has 0 fully saturated rings. The lowest BCUT2D eigenvalue weighted by atomic mass is 10.1. The summed E-state index contributed by atoms with van der Waals surface area (Å²) in [7, 11) is -3.82. The second-order valence-electron chi connectivity index (χ2n) is 7.86. The Morgan fingerprint density at radius 1 is 0.765 bits per heavy atom. The van der Waals surface area contributed by atoms with Crippen LogP contribution in [0.1, 0.15) is 5.82 Å². The summed E-state index contributed by atoms with van der Waals surface area (Å²) in [4.78, 5) is 17.8. The highest BCUT2D eigenvalue weighted by atomic mass is 32.2. The second kappa shape index (κ2) is 8.61.